The van der Waals surface area contributed by atoms with Gasteiger partial charge >= 0.3 is 12.1 Å². The van der Waals surface area contributed by atoms with Crippen molar-refractivity contribution >= 4 is 23.4 Å². The van der Waals surface area contributed by atoms with E-state index in [1.165, 1.54) is 43.3 Å². The minimum absolute atomic E-state index is 0.00831. The number of alkyl halides is 3. The summed E-state index contributed by atoms with van der Waals surface area (Å²) in [5.74, 6) is -9.74. The van der Waals surface area contributed by atoms with E-state index in [0.29, 0.717) is 16.7 Å². The van der Waals surface area contributed by atoms with Gasteiger partial charge in [-0.05, 0) is 74.7 Å². The van der Waals surface area contributed by atoms with E-state index >= 15 is 0 Å². The maximum Gasteiger partial charge on any atom is 0.471 e. The van der Waals surface area contributed by atoms with Crippen LogP contribution in [-0.2, 0) is 27.3 Å². The zero-order valence-electron chi connectivity index (χ0n) is 25.4. The first kappa shape index (κ1) is 33.5. The Kier molecular flexibility index (Phi) is 8.35. The second kappa shape index (κ2) is 11.7. The monoisotopic (exact) mass is 659 g/mol. The summed E-state index contributed by atoms with van der Waals surface area (Å²) in [5.41, 5.74) is 2.42. The minimum atomic E-state index is -5.11. The van der Waals surface area contributed by atoms with E-state index in [9.17, 15) is 52.8 Å². The Morgan fingerprint density at radius 2 is 1.81 bits per heavy atom. The second-order valence-electron chi connectivity index (χ2n) is 11.9. The largest absolute Gasteiger partial charge is 0.510 e. The molecule has 0 saturated carbocycles. The molecule has 250 valence electrons. The second-order valence-corrected chi connectivity index (χ2v) is 11.9. The van der Waals surface area contributed by atoms with Gasteiger partial charge < -0.3 is 36.2 Å². The molecule has 12 nitrogen and oxygen atoms in total. The Bertz CT molecular complexity index is 1780. The van der Waals surface area contributed by atoms with Crippen LogP contribution >= 0.6 is 0 Å². The number of allylic oxidation sites excluding steroid dienone is 1. The maximum atomic E-state index is 14.0. The predicted molar refractivity (Wildman–Crippen MR) is 158 cm³/mol. The number of likely N-dealkylation sites (N-methyl/N-ethyl adjacent to an activating group) is 1. The van der Waals surface area contributed by atoms with Gasteiger partial charge in [0.2, 0.25) is 5.78 Å². The summed E-state index contributed by atoms with van der Waals surface area (Å²) in [6.07, 6.45) is -5.24. The summed E-state index contributed by atoms with van der Waals surface area (Å²) in [6.45, 7) is 1.32. The van der Waals surface area contributed by atoms with Gasteiger partial charge in [0.15, 0.2) is 11.4 Å². The average molecular weight is 660 g/mol. The van der Waals surface area contributed by atoms with Crippen molar-refractivity contribution in [3.8, 4) is 22.6 Å². The summed E-state index contributed by atoms with van der Waals surface area (Å²) >= 11 is 0. The number of hydrogen-bond acceptors (Lipinski definition) is 10. The molecule has 3 aliphatic rings. The van der Waals surface area contributed by atoms with Crippen molar-refractivity contribution in [1.29, 1.82) is 0 Å². The van der Waals surface area contributed by atoms with Crippen molar-refractivity contribution in [3.63, 3.8) is 0 Å². The first-order valence-corrected chi connectivity index (χ1v) is 14.6. The number of nitrogens with one attached hydrogen (secondary N) is 1. The van der Waals surface area contributed by atoms with Gasteiger partial charge in [0.1, 0.15) is 28.6 Å². The molecule has 1 unspecified atom stereocenters. The SMILES string of the molecule is CCOc1ccc(-c2ccc(O)c3c2C[C@@H]2C[C@@H]4C(N(C)C)C(O)=C(C(N)=O)C(=O)[C@]4(O)C(O)=C2C3=O)cc1CNC(=O)C(F)(F)F. The van der Waals surface area contributed by atoms with Gasteiger partial charge in [0, 0.05) is 23.6 Å². The van der Waals surface area contributed by atoms with Gasteiger partial charge in [-0.1, -0.05) is 12.1 Å². The van der Waals surface area contributed by atoms with Gasteiger partial charge in [0.05, 0.1) is 18.2 Å². The first-order valence-electron chi connectivity index (χ1n) is 14.6. The molecule has 0 radical (unpaired) electrons. The number of rotatable bonds is 7. The number of phenolic OH excluding ortho intramolecular Hbond substituents is 1. The van der Waals surface area contributed by atoms with Crippen LogP contribution in [0.5, 0.6) is 11.5 Å². The molecule has 4 atom stereocenters. The number of phenols is 1. The highest BCUT2D eigenvalue weighted by Gasteiger charge is 2.63. The third-order valence-electron chi connectivity index (χ3n) is 8.97. The van der Waals surface area contributed by atoms with Gasteiger partial charge in [0.25, 0.3) is 5.91 Å². The molecular formula is C32H32F3N3O9. The number of Topliss-reactive ketones (excluding diaryl/α,β-unsaturated/α-hetero) is 2. The zero-order valence-corrected chi connectivity index (χ0v) is 25.4. The Morgan fingerprint density at radius 3 is 2.40 bits per heavy atom. The molecule has 0 fully saturated rings. The Morgan fingerprint density at radius 1 is 1.13 bits per heavy atom. The van der Waals surface area contributed by atoms with Crippen LogP contribution in [0.2, 0.25) is 0 Å². The van der Waals surface area contributed by atoms with Gasteiger partial charge in [-0.3, -0.25) is 24.1 Å². The molecule has 0 bridgehead atoms. The fourth-order valence-corrected chi connectivity index (χ4v) is 6.98. The van der Waals surface area contributed by atoms with Crippen LogP contribution in [0, 0.1) is 11.8 Å². The highest BCUT2D eigenvalue weighted by Crippen LogP contribution is 2.53. The van der Waals surface area contributed by atoms with Crippen LogP contribution in [0.3, 0.4) is 0 Å². The van der Waals surface area contributed by atoms with Crippen LogP contribution < -0.4 is 15.8 Å². The topological polar surface area (TPSA) is 200 Å². The number of carbonyl (C=O) groups is 4. The standard InChI is InChI=1S/C32H32F3N3O9/c1-4-47-20-8-5-13(9-15(20)12-37-30(45)32(33,34)35)16-6-7-19(39)22-17(16)10-14-11-18-24(38(2)3)26(41)23(29(36)44)28(43)31(18,46)27(42)21(14)25(22)40/h5-9,14,18,24,39,41-42,46H,4,10-12H2,1-3H3,(H2,36,44)(H,37,45)/t14-,18-,24?,31-/m1/s1. The van der Waals surface area contributed by atoms with E-state index in [4.69, 9.17) is 10.5 Å². The Hall–Kier alpha value is -4.89. The molecule has 2 aromatic rings. The molecule has 15 heteroatoms. The highest BCUT2D eigenvalue weighted by molar-refractivity contribution is 6.25. The van der Waals surface area contributed by atoms with E-state index in [-0.39, 0.29) is 41.9 Å². The van der Waals surface area contributed by atoms with E-state index < -0.39 is 82.4 Å². The fraction of sp³-hybridized carbons (Fsp3) is 0.375. The number of aliphatic hydroxyl groups excluding tert-OH is 2. The fourth-order valence-electron chi connectivity index (χ4n) is 6.98. The van der Waals surface area contributed by atoms with Crippen molar-refractivity contribution in [2.24, 2.45) is 17.6 Å². The molecule has 5 rings (SSSR count). The number of aromatic hydroxyl groups is 1. The normalized spacial score (nSPS) is 24.1. The average Bonchev–Trinajstić information content (AvgIpc) is 2.97. The number of halogens is 3. The number of hydrogen-bond donors (Lipinski definition) is 6. The molecule has 0 aliphatic heterocycles. The molecular weight excluding hydrogens is 627 g/mol. The lowest BCUT2D eigenvalue weighted by Gasteiger charge is -2.50. The lowest BCUT2D eigenvalue weighted by atomic mass is 9.58. The van der Waals surface area contributed by atoms with Gasteiger partial charge in [-0.25, -0.2) is 0 Å². The molecule has 0 spiro atoms. The van der Waals surface area contributed by atoms with E-state index in [1.807, 2.05) is 5.32 Å². The number of primary amides is 1. The molecule has 2 aromatic carbocycles. The molecule has 0 aromatic heterocycles. The molecule has 3 aliphatic carbocycles. The predicted octanol–water partition coefficient (Wildman–Crippen LogP) is 2.36. The lowest BCUT2D eigenvalue weighted by Crippen LogP contribution is -2.63. The number of amides is 2. The summed E-state index contributed by atoms with van der Waals surface area (Å²) in [4.78, 5) is 52.6. The number of ketones is 2. The van der Waals surface area contributed by atoms with Crippen molar-refractivity contribution < 1.29 is 57.5 Å². The van der Waals surface area contributed by atoms with Gasteiger partial charge in [-0.2, -0.15) is 13.2 Å². The van der Waals surface area contributed by atoms with Crippen LogP contribution in [0.15, 0.2) is 53.0 Å². The Labute approximate surface area is 265 Å². The molecule has 0 saturated heterocycles. The number of fused-ring (bicyclic) bond motifs is 3. The Balaban J connectivity index is 1.63. The third kappa shape index (κ3) is 5.28. The minimum Gasteiger partial charge on any atom is -0.510 e. The number of carbonyl (C=O) groups excluding carboxylic acids is 4. The van der Waals surface area contributed by atoms with Crippen molar-refractivity contribution in [2.45, 2.75) is 44.1 Å². The zero-order chi connectivity index (χ0) is 34.7. The maximum absolute atomic E-state index is 14.0. The highest BCUT2D eigenvalue weighted by atomic mass is 19.4. The first-order chi connectivity index (χ1) is 21.9. The van der Waals surface area contributed by atoms with Crippen molar-refractivity contribution in [1.82, 2.24) is 10.2 Å². The van der Waals surface area contributed by atoms with Crippen LogP contribution in [-0.4, -0.2) is 87.2 Å². The quantitative estimate of drug-likeness (QED) is 0.240. The van der Waals surface area contributed by atoms with Crippen LogP contribution in [0.1, 0.15) is 34.8 Å². The van der Waals surface area contributed by atoms with E-state index in [1.54, 1.807) is 13.0 Å². The van der Waals surface area contributed by atoms with E-state index in [2.05, 4.69) is 0 Å². The van der Waals surface area contributed by atoms with E-state index in [0.717, 1.165) is 0 Å². The third-order valence-corrected chi connectivity index (χ3v) is 8.97. The molecule has 7 N–H and O–H groups in total. The molecule has 0 heterocycles. The molecule has 2 amide bonds. The lowest BCUT2D eigenvalue weighted by molar-refractivity contribution is -0.173. The number of nitrogens with two attached hydrogens (primary N) is 1. The summed E-state index contributed by atoms with van der Waals surface area (Å²) < 4.78 is 44.1. The van der Waals surface area contributed by atoms with Crippen molar-refractivity contribution in [3.05, 3.63) is 69.7 Å². The number of benzene rings is 2. The summed E-state index contributed by atoms with van der Waals surface area (Å²) in [6, 6.07) is 6.13. The molecule has 47 heavy (non-hydrogen) atoms. The van der Waals surface area contributed by atoms with Crippen LogP contribution in [0.4, 0.5) is 13.2 Å². The van der Waals surface area contributed by atoms with Gasteiger partial charge in [-0.15, -0.1) is 0 Å². The smallest absolute Gasteiger partial charge is 0.471 e. The number of ether oxygens (including phenoxy) is 1. The number of nitrogens with zero attached hydrogens (tertiary/aromatic N) is 1. The summed E-state index contributed by atoms with van der Waals surface area (Å²) in [5, 5.41) is 46.8. The van der Waals surface area contributed by atoms with Crippen molar-refractivity contribution in [2.75, 3.05) is 20.7 Å². The summed E-state index contributed by atoms with van der Waals surface area (Å²) in [7, 11) is 3.04. The van der Waals surface area contributed by atoms with Crippen LogP contribution in [0.25, 0.3) is 11.1 Å². The number of aliphatic hydroxyl groups is 3.